The molecule has 1 aliphatic heterocycles. The van der Waals surface area contributed by atoms with Crippen LogP contribution in [-0.2, 0) is 4.74 Å². The first-order chi connectivity index (χ1) is 9.72. The molecular weight excluding hydrogens is 272 g/mol. The first-order valence-corrected chi connectivity index (χ1v) is 7.93. The average Bonchev–Trinajstić information content (AvgIpc) is 2.80. The number of hydrogen-bond acceptors (Lipinski definition) is 6. The van der Waals surface area contributed by atoms with Crippen molar-refractivity contribution in [3.05, 3.63) is 10.9 Å². The van der Waals surface area contributed by atoms with Crippen molar-refractivity contribution >= 4 is 33.3 Å². The summed E-state index contributed by atoms with van der Waals surface area (Å²) in [6, 6.07) is 2.11. The van der Waals surface area contributed by atoms with Gasteiger partial charge in [0.1, 0.15) is 10.6 Å². The van der Waals surface area contributed by atoms with Crippen LogP contribution in [0, 0.1) is 6.92 Å². The van der Waals surface area contributed by atoms with Crippen LogP contribution < -0.4 is 11.1 Å². The van der Waals surface area contributed by atoms with Gasteiger partial charge < -0.3 is 15.8 Å². The van der Waals surface area contributed by atoms with Gasteiger partial charge in [0.25, 0.3) is 0 Å². The molecule has 0 saturated carbocycles. The lowest BCUT2D eigenvalue weighted by Gasteiger charge is -2.22. The van der Waals surface area contributed by atoms with Crippen molar-refractivity contribution in [1.82, 2.24) is 9.97 Å². The molecule has 6 heteroatoms. The molecule has 1 atom stereocenters. The van der Waals surface area contributed by atoms with Crippen molar-refractivity contribution in [1.29, 1.82) is 0 Å². The minimum absolute atomic E-state index is 0.329. The number of anilines is 2. The van der Waals surface area contributed by atoms with Gasteiger partial charge in [0.05, 0.1) is 11.5 Å². The van der Waals surface area contributed by atoms with E-state index in [0.717, 1.165) is 35.6 Å². The van der Waals surface area contributed by atoms with E-state index in [0.29, 0.717) is 12.1 Å². The number of hydrogen-bond donors (Lipinski definition) is 2. The molecule has 5 nitrogen and oxygen atoms in total. The maximum Gasteiger partial charge on any atom is 0.223 e. The second-order valence-corrected chi connectivity index (χ2v) is 6.45. The van der Waals surface area contributed by atoms with E-state index in [1.165, 1.54) is 24.1 Å². The van der Waals surface area contributed by atoms with Gasteiger partial charge in [-0.2, -0.15) is 4.98 Å². The fraction of sp³-hybridized carbons (Fsp3) is 0.571. The molecule has 3 heterocycles. The summed E-state index contributed by atoms with van der Waals surface area (Å²) in [5.41, 5.74) is 5.77. The molecule has 1 saturated heterocycles. The second-order valence-electron chi connectivity index (χ2n) is 5.21. The van der Waals surface area contributed by atoms with Crippen molar-refractivity contribution < 1.29 is 4.74 Å². The second kappa shape index (κ2) is 5.93. The van der Waals surface area contributed by atoms with E-state index in [2.05, 4.69) is 28.3 Å². The summed E-state index contributed by atoms with van der Waals surface area (Å²) < 4.78 is 5.74. The number of nitrogen functional groups attached to an aromatic ring is 1. The first kappa shape index (κ1) is 13.6. The zero-order valence-electron chi connectivity index (χ0n) is 11.7. The molecule has 20 heavy (non-hydrogen) atoms. The number of thiophene rings is 1. The van der Waals surface area contributed by atoms with Gasteiger partial charge in [0.2, 0.25) is 5.95 Å². The average molecular weight is 292 g/mol. The Morgan fingerprint density at radius 3 is 3.15 bits per heavy atom. The molecule has 0 aliphatic carbocycles. The smallest absolute Gasteiger partial charge is 0.223 e. The highest BCUT2D eigenvalue weighted by atomic mass is 32.1. The number of rotatable bonds is 4. The SMILES string of the molecule is Cc1cc2c(NCCC3CCCCO3)nc(N)nc2s1. The lowest BCUT2D eigenvalue weighted by molar-refractivity contribution is 0.0134. The van der Waals surface area contributed by atoms with E-state index in [9.17, 15) is 0 Å². The third-order valence-corrected chi connectivity index (χ3v) is 4.51. The maximum absolute atomic E-state index is 5.77. The molecule has 0 aromatic carbocycles. The Morgan fingerprint density at radius 1 is 1.45 bits per heavy atom. The summed E-state index contributed by atoms with van der Waals surface area (Å²) in [4.78, 5) is 10.8. The van der Waals surface area contributed by atoms with Crippen molar-refractivity contribution in [3.63, 3.8) is 0 Å². The van der Waals surface area contributed by atoms with Gasteiger partial charge in [-0.05, 0) is 38.7 Å². The normalized spacial score (nSPS) is 19.4. The van der Waals surface area contributed by atoms with E-state index in [1.807, 2.05) is 0 Å². The highest BCUT2D eigenvalue weighted by Gasteiger charge is 2.14. The van der Waals surface area contributed by atoms with Crippen molar-refractivity contribution in [3.8, 4) is 0 Å². The Morgan fingerprint density at radius 2 is 2.35 bits per heavy atom. The lowest BCUT2D eigenvalue weighted by Crippen LogP contribution is -2.22. The van der Waals surface area contributed by atoms with Gasteiger partial charge in [0, 0.05) is 18.0 Å². The van der Waals surface area contributed by atoms with E-state index in [4.69, 9.17) is 10.5 Å². The van der Waals surface area contributed by atoms with Crippen molar-refractivity contribution in [2.45, 2.75) is 38.7 Å². The minimum atomic E-state index is 0.329. The van der Waals surface area contributed by atoms with Gasteiger partial charge >= 0.3 is 0 Å². The topological polar surface area (TPSA) is 73.1 Å². The zero-order valence-corrected chi connectivity index (χ0v) is 12.5. The number of ether oxygens (including phenoxy) is 1. The van der Waals surface area contributed by atoms with Crippen molar-refractivity contribution in [2.24, 2.45) is 0 Å². The number of nitrogens with two attached hydrogens (primary N) is 1. The van der Waals surface area contributed by atoms with Gasteiger partial charge in [-0.25, -0.2) is 4.98 Å². The van der Waals surface area contributed by atoms with Crippen LogP contribution in [0.3, 0.4) is 0 Å². The largest absolute Gasteiger partial charge is 0.378 e. The molecule has 108 valence electrons. The summed E-state index contributed by atoms with van der Waals surface area (Å²) in [5, 5.41) is 4.45. The standard InChI is InChI=1S/C14H20N4OS/c1-9-8-11-12(17-14(15)18-13(11)20-9)16-6-5-10-4-2-3-7-19-10/h8,10H,2-7H2,1H3,(H3,15,16,17,18). The molecule has 2 aromatic rings. The fourth-order valence-corrected chi connectivity index (χ4v) is 3.47. The van der Waals surface area contributed by atoms with E-state index < -0.39 is 0 Å². The number of aromatic nitrogens is 2. The Labute approximate surface area is 122 Å². The van der Waals surface area contributed by atoms with Gasteiger partial charge in [-0.1, -0.05) is 0 Å². The Balaban J connectivity index is 1.67. The van der Waals surface area contributed by atoms with Crippen molar-refractivity contribution in [2.75, 3.05) is 24.2 Å². The number of aryl methyl sites for hydroxylation is 1. The Kier molecular flexibility index (Phi) is 4.03. The highest BCUT2D eigenvalue weighted by Crippen LogP contribution is 2.29. The zero-order chi connectivity index (χ0) is 13.9. The molecule has 3 rings (SSSR count). The monoisotopic (exact) mass is 292 g/mol. The van der Waals surface area contributed by atoms with E-state index in [-0.39, 0.29) is 0 Å². The number of fused-ring (bicyclic) bond motifs is 1. The summed E-state index contributed by atoms with van der Waals surface area (Å²) >= 11 is 1.65. The maximum atomic E-state index is 5.77. The molecule has 1 fully saturated rings. The van der Waals surface area contributed by atoms with E-state index in [1.54, 1.807) is 11.3 Å². The summed E-state index contributed by atoms with van der Waals surface area (Å²) in [6.45, 7) is 3.83. The van der Waals surface area contributed by atoms with Crippen LogP contribution in [0.2, 0.25) is 0 Å². The molecule has 0 amide bonds. The third-order valence-electron chi connectivity index (χ3n) is 3.57. The first-order valence-electron chi connectivity index (χ1n) is 7.11. The molecule has 3 N–H and O–H groups in total. The molecule has 2 aromatic heterocycles. The van der Waals surface area contributed by atoms with Crippen LogP contribution in [0.4, 0.5) is 11.8 Å². The quantitative estimate of drug-likeness (QED) is 0.906. The summed E-state index contributed by atoms with van der Waals surface area (Å²) in [5.74, 6) is 1.17. The number of nitrogens with zero attached hydrogens (tertiary/aromatic N) is 2. The molecule has 1 aliphatic rings. The van der Waals surface area contributed by atoms with E-state index >= 15 is 0 Å². The van der Waals surface area contributed by atoms with Crippen LogP contribution in [0.25, 0.3) is 10.2 Å². The highest BCUT2D eigenvalue weighted by molar-refractivity contribution is 7.18. The Hall–Kier alpha value is -1.40. The number of nitrogens with one attached hydrogen (secondary N) is 1. The summed E-state index contributed by atoms with van der Waals surface area (Å²) in [6.07, 6.45) is 5.03. The predicted molar refractivity (Wildman–Crippen MR) is 83.3 cm³/mol. The molecular formula is C14H20N4OS. The van der Waals surface area contributed by atoms with Crippen LogP contribution in [0.5, 0.6) is 0 Å². The van der Waals surface area contributed by atoms with Gasteiger partial charge in [0.15, 0.2) is 0 Å². The van der Waals surface area contributed by atoms with Crippen LogP contribution in [0.15, 0.2) is 6.07 Å². The van der Waals surface area contributed by atoms with Gasteiger partial charge in [-0.3, -0.25) is 0 Å². The summed E-state index contributed by atoms with van der Waals surface area (Å²) in [7, 11) is 0. The lowest BCUT2D eigenvalue weighted by atomic mass is 10.1. The molecule has 1 unspecified atom stereocenters. The molecule has 0 radical (unpaired) electrons. The predicted octanol–water partition coefficient (Wildman–Crippen LogP) is 2.95. The third kappa shape index (κ3) is 3.02. The fourth-order valence-electron chi connectivity index (χ4n) is 2.58. The van der Waals surface area contributed by atoms with Gasteiger partial charge in [-0.15, -0.1) is 11.3 Å². The van der Waals surface area contributed by atoms with Crippen LogP contribution >= 0.6 is 11.3 Å². The minimum Gasteiger partial charge on any atom is -0.378 e. The molecule has 0 bridgehead atoms. The van der Waals surface area contributed by atoms with Crippen LogP contribution in [0.1, 0.15) is 30.6 Å². The molecule has 0 spiro atoms. The van der Waals surface area contributed by atoms with Crippen LogP contribution in [-0.4, -0.2) is 29.2 Å². The Bertz CT molecular complexity index is 592.